The van der Waals surface area contributed by atoms with Gasteiger partial charge in [0, 0.05) is 29.8 Å². The van der Waals surface area contributed by atoms with Crippen LogP contribution < -0.4 is 10.2 Å². The molecule has 1 aromatic carbocycles. The molecule has 0 heterocycles. The van der Waals surface area contributed by atoms with Crippen molar-refractivity contribution in [3.63, 3.8) is 0 Å². The summed E-state index contributed by atoms with van der Waals surface area (Å²) in [6.45, 7) is 8.55. The molecule has 3 heteroatoms. The average molecular weight is 299 g/mol. The number of hydrogen-bond acceptors (Lipinski definition) is 2. The van der Waals surface area contributed by atoms with E-state index in [-0.39, 0.29) is 0 Å². The third kappa shape index (κ3) is 4.00. The van der Waals surface area contributed by atoms with Crippen LogP contribution in [0.15, 0.2) is 22.7 Å². The number of nitrogens with one attached hydrogen (secondary N) is 1. The summed E-state index contributed by atoms with van der Waals surface area (Å²) in [5.74, 6) is 0. The number of anilines is 1. The Morgan fingerprint density at radius 1 is 1.35 bits per heavy atom. The molecule has 0 aliphatic rings. The Balaban J connectivity index is 2.96. The summed E-state index contributed by atoms with van der Waals surface area (Å²) in [5, 5.41) is 3.40. The zero-order chi connectivity index (χ0) is 12.8. The van der Waals surface area contributed by atoms with Crippen molar-refractivity contribution in [3.8, 4) is 0 Å². The van der Waals surface area contributed by atoms with Crippen molar-refractivity contribution >= 4 is 21.6 Å². The van der Waals surface area contributed by atoms with Gasteiger partial charge in [0.1, 0.15) is 0 Å². The lowest BCUT2D eigenvalue weighted by molar-refractivity contribution is 0.655. The van der Waals surface area contributed by atoms with Gasteiger partial charge in [-0.2, -0.15) is 0 Å². The molecule has 0 radical (unpaired) electrons. The van der Waals surface area contributed by atoms with E-state index in [4.69, 9.17) is 0 Å². The van der Waals surface area contributed by atoms with Crippen LogP contribution in [-0.4, -0.2) is 19.6 Å². The van der Waals surface area contributed by atoms with Crippen molar-refractivity contribution in [2.24, 2.45) is 0 Å². The minimum Gasteiger partial charge on any atom is -0.372 e. The Hall–Kier alpha value is -0.540. The van der Waals surface area contributed by atoms with Crippen LogP contribution in [0, 0.1) is 0 Å². The van der Waals surface area contributed by atoms with Gasteiger partial charge in [0.2, 0.25) is 0 Å². The molecule has 1 N–H and O–H groups in total. The maximum Gasteiger partial charge on any atom is 0.0412 e. The Morgan fingerprint density at radius 2 is 2.06 bits per heavy atom. The van der Waals surface area contributed by atoms with Crippen molar-refractivity contribution in [1.82, 2.24) is 5.32 Å². The first-order chi connectivity index (χ1) is 8.10. The van der Waals surface area contributed by atoms with Crippen molar-refractivity contribution in [3.05, 3.63) is 28.2 Å². The average Bonchev–Trinajstić information content (AvgIpc) is 2.34. The molecule has 17 heavy (non-hydrogen) atoms. The fourth-order valence-corrected chi connectivity index (χ4v) is 2.22. The van der Waals surface area contributed by atoms with Gasteiger partial charge in [-0.05, 0) is 43.7 Å². The summed E-state index contributed by atoms with van der Waals surface area (Å²) in [7, 11) is 2.17. The second-order valence-corrected chi connectivity index (χ2v) is 5.34. The Bertz CT molecular complexity index is 352. The van der Waals surface area contributed by atoms with Gasteiger partial charge in [-0.15, -0.1) is 0 Å². The molecule has 0 fully saturated rings. The lowest BCUT2D eigenvalue weighted by Gasteiger charge is -2.28. The van der Waals surface area contributed by atoms with Gasteiger partial charge < -0.3 is 10.2 Å². The normalized spacial score (nSPS) is 12.5. The molecule has 1 atom stereocenters. The van der Waals surface area contributed by atoms with Crippen LogP contribution in [0.1, 0.15) is 32.8 Å². The summed E-state index contributed by atoms with van der Waals surface area (Å²) in [6, 6.07) is 7.08. The lowest BCUT2D eigenvalue weighted by atomic mass is 10.1. The quantitative estimate of drug-likeness (QED) is 0.859. The molecule has 0 saturated heterocycles. The van der Waals surface area contributed by atoms with E-state index in [0.29, 0.717) is 6.04 Å². The predicted molar refractivity (Wildman–Crippen MR) is 79.7 cm³/mol. The van der Waals surface area contributed by atoms with Gasteiger partial charge in [0.25, 0.3) is 0 Å². The van der Waals surface area contributed by atoms with E-state index >= 15 is 0 Å². The number of benzene rings is 1. The van der Waals surface area contributed by atoms with E-state index in [0.717, 1.165) is 24.0 Å². The highest BCUT2D eigenvalue weighted by atomic mass is 79.9. The highest BCUT2D eigenvalue weighted by Crippen LogP contribution is 2.25. The van der Waals surface area contributed by atoms with Crippen LogP contribution in [0.25, 0.3) is 0 Å². The molecule has 0 bridgehead atoms. The third-order valence-corrected chi connectivity index (χ3v) is 3.73. The van der Waals surface area contributed by atoms with Gasteiger partial charge in [-0.25, -0.2) is 0 Å². The van der Waals surface area contributed by atoms with Gasteiger partial charge in [-0.1, -0.05) is 29.8 Å². The van der Waals surface area contributed by atoms with Crippen LogP contribution in [0.3, 0.4) is 0 Å². The molecule has 96 valence electrons. The summed E-state index contributed by atoms with van der Waals surface area (Å²) in [5.41, 5.74) is 2.67. The smallest absolute Gasteiger partial charge is 0.0412 e. The van der Waals surface area contributed by atoms with Gasteiger partial charge in [-0.3, -0.25) is 0 Å². The van der Waals surface area contributed by atoms with E-state index < -0.39 is 0 Å². The molecule has 1 unspecified atom stereocenters. The number of nitrogens with zero attached hydrogens (tertiary/aromatic N) is 1. The Labute approximate surface area is 114 Å². The number of halogens is 1. The van der Waals surface area contributed by atoms with Crippen molar-refractivity contribution in [2.75, 3.05) is 18.5 Å². The fourth-order valence-electron chi connectivity index (χ4n) is 1.81. The standard InChI is InChI=1S/C14H23BrN2/c1-5-11(3)17(4)14-8-7-13(15)9-12(14)10-16-6-2/h7-9,11,16H,5-6,10H2,1-4H3. The molecule has 0 aromatic heterocycles. The molecule has 0 spiro atoms. The predicted octanol–water partition coefficient (Wildman–Crippen LogP) is 3.79. The maximum absolute atomic E-state index is 3.55. The first-order valence-corrected chi connectivity index (χ1v) is 7.11. The molecule has 2 nitrogen and oxygen atoms in total. The SMILES string of the molecule is CCNCc1cc(Br)ccc1N(C)C(C)CC. The maximum atomic E-state index is 3.55. The molecule has 1 aromatic rings. The Morgan fingerprint density at radius 3 is 2.65 bits per heavy atom. The van der Waals surface area contributed by atoms with Crippen molar-refractivity contribution < 1.29 is 0 Å². The van der Waals surface area contributed by atoms with E-state index in [1.54, 1.807) is 0 Å². The van der Waals surface area contributed by atoms with Crippen LogP contribution in [0.4, 0.5) is 5.69 Å². The summed E-state index contributed by atoms with van der Waals surface area (Å²) < 4.78 is 1.15. The third-order valence-electron chi connectivity index (χ3n) is 3.24. The first-order valence-electron chi connectivity index (χ1n) is 6.32. The molecule has 0 aliphatic heterocycles. The molecule has 0 amide bonds. The molecular formula is C14H23BrN2. The van der Waals surface area contributed by atoms with E-state index in [2.05, 4.69) is 72.2 Å². The van der Waals surface area contributed by atoms with Crippen LogP contribution in [-0.2, 0) is 6.54 Å². The summed E-state index contributed by atoms with van der Waals surface area (Å²) >= 11 is 3.55. The van der Waals surface area contributed by atoms with Crippen LogP contribution in [0.2, 0.25) is 0 Å². The molecule has 0 aliphatic carbocycles. The first kappa shape index (κ1) is 14.5. The molecular weight excluding hydrogens is 276 g/mol. The highest BCUT2D eigenvalue weighted by Gasteiger charge is 2.12. The molecule has 1 rings (SSSR count). The minimum absolute atomic E-state index is 0.566. The van der Waals surface area contributed by atoms with Crippen molar-refractivity contribution in [2.45, 2.75) is 39.8 Å². The van der Waals surface area contributed by atoms with Gasteiger partial charge in [0.15, 0.2) is 0 Å². The lowest BCUT2D eigenvalue weighted by Crippen LogP contribution is -2.29. The topological polar surface area (TPSA) is 15.3 Å². The number of rotatable bonds is 6. The summed E-state index contributed by atoms with van der Waals surface area (Å²) in [6.07, 6.45) is 1.16. The van der Waals surface area contributed by atoms with Crippen LogP contribution in [0.5, 0.6) is 0 Å². The second kappa shape index (κ2) is 7.02. The van der Waals surface area contributed by atoms with Crippen LogP contribution >= 0.6 is 15.9 Å². The number of hydrogen-bond donors (Lipinski definition) is 1. The van der Waals surface area contributed by atoms with Crippen molar-refractivity contribution in [1.29, 1.82) is 0 Å². The minimum atomic E-state index is 0.566. The Kier molecular flexibility index (Phi) is 6.00. The van der Waals surface area contributed by atoms with E-state index in [9.17, 15) is 0 Å². The highest BCUT2D eigenvalue weighted by molar-refractivity contribution is 9.10. The van der Waals surface area contributed by atoms with E-state index in [1.807, 2.05) is 0 Å². The monoisotopic (exact) mass is 298 g/mol. The van der Waals surface area contributed by atoms with Gasteiger partial charge >= 0.3 is 0 Å². The van der Waals surface area contributed by atoms with Gasteiger partial charge in [0.05, 0.1) is 0 Å². The van der Waals surface area contributed by atoms with E-state index in [1.165, 1.54) is 11.3 Å². The fraction of sp³-hybridized carbons (Fsp3) is 0.571. The summed E-state index contributed by atoms with van der Waals surface area (Å²) in [4.78, 5) is 2.36. The zero-order valence-electron chi connectivity index (χ0n) is 11.3. The zero-order valence-corrected chi connectivity index (χ0v) is 12.8. The second-order valence-electron chi connectivity index (χ2n) is 4.42. The largest absolute Gasteiger partial charge is 0.372 e. The molecule has 0 saturated carbocycles.